The molecule has 0 spiro atoms. The molecule has 0 aliphatic heterocycles. The van der Waals surface area contributed by atoms with Gasteiger partial charge in [-0.1, -0.05) is 6.07 Å². The van der Waals surface area contributed by atoms with Gasteiger partial charge in [0.15, 0.2) is 0 Å². The van der Waals surface area contributed by atoms with Crippen LogP contribution in [0.4, 0.5) is 4.39 Å². The van der Waals surface area contributed by atoms with Crippen LogP contribution in [0.2, 0.25) is 0 Å². The van der Waals surface area contributed by atoms with Crippen LogP contribution in [0.15, 0.2) is 18.2 Å². The van der Waals surface area contributed by atoms with E-state index in [4.69, 9.17) is 14.9 Å². The molecular formula is C10H13FNO6P. The number of carboxylic acids is 1. The van der Waals surface area contributed by atoms with E-state index < -0.39 is 26.4 Å². The minimum Gasteiger partial charge on any atom is -0.508 e. The molecule has 0 saturated heterocycles. The first-order chi connectivity index (χ1) is 8.73. The molecule has 0 amide bonds. The molecule has 1 rings (SSSR count). The van der Waals surface area contributed by atoms with E-state index >= 15 is 0 Å². The summed E-state index contributed by atoms with van der Waals surface area (Å²) in [5, 5.41) is 19.7. The van der Waals surface area contributed by atoms with Gasteiger partial charge in [-0.3, -0.25) is 4.79 Å². The van der Waals surface area contributed by atoms with Gasteiger partial charge >= 0.3 is 13.7 Å². The highest BCUT2D eigenvalue weighted by Gasteiger charge is 2.26. The van der Waals surface area contributed by atoms with Gasteiger partial charge < -0.3 is 20.0 Å². The quantitative estimate of drug-likeness (QED) is 0.484. The standard InChI is InChI=1S/C10H13FNO6P/c11-5-7-3-8(13)2-1-6(7)4-9(10(14)15)12-19(16,17)18/h1-3,9,13H,4-5H2,(H,14,15)(H3,12,16,17,18)/t9-/m0/s1. The third-order valence-electron chi connectivity index (χ3n) is 2.38. The molecule has 0 fully saturated rings. The van der Waals surface area contributed by atoms with E-state index in [0.29, 0.717) is 0 Å². The monoisotopic (exact) mass is 293 g/mol. The topological polar surface area (TPSA) is 127 Å². The zero-order chi connectivity index (χ0) is 14.6. The molecule has 0 heterocycles. The predicted octanol–water partition coefficient (Wildman–Crippen LogP) is 0.540. The predicted molar refractivity (Wildman–Crippen MR) is 63.2 cm³/mol. The fraction of sp³-hybridized carbons (Fsp3) is 0.300. The van der Waals surface area contributed by atoms with Gasteiger partial charge in [0.05, 0.1) is 0 Å². The van der Waals surface area contributed by atoms with Gasteiger partial charge in [-0.2, -0.15) is 0 Å². The Bertz CT molecular complexity index is 517. The maximum atomic E-state index is 12.7. The van der Waals surface area contributed by atoms with Crippen LogP contribution in [-0.2, 0) is 22.5 Å². The van der Waals surface area contributed by atoms with Gasteiger partial charge in [0.1, 0.15) is 18.5 Å². The van der Waals surface area contributed by atoms with E-state index in [-0.39, 0.29) is 23.3 Å². The summed E-state index contributed by atoms with van der Waals surface area (Å²) in [4.78, 5) is 28.3. The fourth-order valence-electron chi connectivity index (χ4n) is 1.55. The van der Waals surface area contributed by atoms with E-state index in [1.165, 1.54) is 12.1 Å². The molecule has 1 atom stereocenters. The summed E-state index contributed by atoms with van der Waals surface area (Å²) in [7, 11) is -4.72. The first-order valence-electron chi connectivity index (χ1n) is 5.16. The molecule has 5 N–H and O–H groups in total. The Labute approximate surface area is 107 Å². The number of benzene rings is 1. The van der Waals surface area contributed by atoms with E-state index in [1.807, 2.05) is 0 Å². The van der Waals surface area contributed by atoms with Crippen molar-refractivity contribution in [1.82, 2.24) is 5.09 Å². The van der Waals surface area contributed by atoms with Crippen molar-refractivity contribution in [2.24, 2.45) is 0 Å². The Kier molecular flexibility index (Phi) is 5.02. The molecule has 9 heteroatoms. The summed E-state index contributed by atoms with van der Waals surface area (Å²) in [6.07, 6.45) is -0.319. The second-order valence-electron chi connectivity index (χ2n) is 3.85. The number of hydrogen-bond acceptors (Lipinski definition) is 3. The maximum Gasteiger partial charge on any atom is 0.401 e. The minimum atomic E-state index is -4.72. The number of aromatic hydroxyl groups is 1. The highest BCUT2D eigenvalue weighted by molar-refractivity contribution is 7.49. The molecule has 7 nitrogen and oxygen atoms in total. The smallest absolute Gasteiger partial charge is 0.401 e. The van der Waals surface area contributed by atoms with Gasteiger partial charge in [-0.15, -0.1) is 0 Å². The molecule has 0 aliphatic carbocycles. The highest BCUT2D eigenvalue weighted by atomic mass is 31.2. The zero-order valence-electron chi connectivity index (χ0n) is 9.65. The number of carbonyl (C=O) groups is 1. The first kappa shape index (κ1) is 15.6. The minimum absolute atomic E-state index is 0.0683. The van der Waals surface area contributed by atoms with E-state index in [2.05, 4.69) is 0 Å². The van der Waals surface area contributed by atoms with Crippen molar-refractivity contribution >= 4 is 13.7 Å². The van der Waals surface area contributed by atoms with Gasteiger partial charge in [-0.05, 0) is 29.7 Å². The molecule has 0 saturated carbocycles. The SMILES string of the molecule is O=C(O)[C@H](Cc1ccc(O)cc1CF)NP(=O)(O)O. The lowest BCUT2D eigenvalue weighted by atomic mass is 10.0. The summed E-state index contributed by atoms with van der Waals surface area (Å²) >= 11 is 0. The number of phenolic OH excluding ortho intramolecular Hbond substituents is 1. The molecule has 1 aromatic rings. The van der Waals surface area contributed by atoms with Gasteiger partial charge in [0.2, 0.25) is 0 Å². The average molecular weight is 293 g/mol. The summed E-state index contributed by atoms with van der Waals surface area (Å²) in [6, 6.07) is 2.12. The van der Waals surface area contributed by atoms with Crippen molar-refractivity contribution in [2.75, 3.05) is 0 Å². The van der Waals surface area contributed by atoms with Crippen molar-refractivity contribution in [3.8, 4) is 5.75 Å². The lowest BCUT2D eigenvalue weighted by Crippen LogP contribution is -2.36. The van der Waals surface area contributed by atoms with E-state index in [9.17, 15) is 18.9 Å². The molecule has 106 valence electrons. The lowest BCUT2D eigenvalue weighted by molar-refractivity contribution is -0.139. The van der Waals surface area contributed by atoms with Gasteiger partial charge in [-0.25, -0.2) is 14.0 Å². The Hall–Kier alpha value is -1.47. The number of hydrogen-bond donors (Lipinski definition) is 5. The normalized spacial score (nSPS) is 13.2. The maximum absolute atomic E-state index is 12.7. The van der Waals surface area contributed by atoms with Crippen LogP contribution < -0.4 is 5.09 Å². The molecule has 1 aromatic carbocycles. The molecule has 19 heavy (non-hydrogen) atoms. The fourth-order valence-corrected chi connectivity index (χ4v) is 2.15. The molecule has 0 aliphatic rings. The van der Waals surface area contributed by atoms with Crippen molar-refractivity contribution in [2.45, 2.75) is 19.1 Å². The van der Waals surface area contributed by atoms with Crippen molar-refractivity contribution in [3.63, 3.8) is 0 Å². The molecule has 0 aromatic heterocycles. The van der Waals surface area contributed by atoms with Crippen molar-refractivity contribution in [1.29, 1.82) is 0 Å². The second kappa shape index (κ2) is 6.12. The number of carboxylic acid groups (broad SMARTS) is 1. The number of aliphatic carboxylic acids is 1. The molecule has 0 unspecified atom stereocenters. The van der Waals surface area contributed by atoms with E-state index in [0.717, 1.165) is 6.07 Å². The van der Waals surface area contributed by atoms with Crippen molar-refractivity contribution in [3.05, 3.63) is 29.3 Å². The Morgan fingerprint density at radius 2 is 2.00 bits per heavy atom. The van der Waals surface area contributed by atoms with Crippen LogP contribution in [0.3, 0.4) is 0 Å². The largest absolute Gasteiger partial charge is 0.508 e. The number of rotatable bonds is 6. The second-order valence-corrected chi connectivity index (χ2v) is 5.20. The van der Waals surface area contributed by atoms with Crippen LogP contribution in [0.1, 0.15) is 11.1 Å². The molecule has 0 bridgehead atoms. The Morgan fingerprint density at radius 1 is 1.37 bits per heavy atom. The number of alkyl halides is 1. The highest BCUT2D eigenvalue weighted by Crippen LogP contribution is 2.30. The Balaban J connectivity index is 2.97. The number of nitrogens with one attached hydrogen (secondary N) is 1. The van der Waals surface area contributed by atoms with Crippen LogP contribution in [0, 0.1) is 0 Å². The van der Waals surface area contributed by atoms with Crippen molar-refractivity contribution < 1.29 is 33.7 Å². The van der Waals surface area contributed by atoms with Gasteiger partial charge in [0, 0.05) is 0 Å². The summed E-state index contributed by atoms with van der Waals surface area (Å²) in [6.45, 7) is -0.925. The zero-order valence-corrected chi connectivity index (χ0v) is 10.5. The van der Waals surface area contributed by atoms with Gasteiger partial charge in [0.25, 0.3) is 0 Å². The summed E-state index contributed by atoms with van der Waals surface area (Å²) in [5.74, 6) is -1.65. The average Bonchev–Trinajstić information content (AvgIpc) is 2.28. The summed E-state index contributed by atoms with van der Waals surface area (Å²) in [5.41, 5.74) is 0.312. The van der Waals surface area contributed by atoms with Crippen LogP contribution in [0.5, 0.6) is 5.75 Å². The third kappa shape index (κ3) is 4.96. The Morgan fingerprint density at radius 3 is 2.47 bits per heavy atom. The first-order valence-corrected chi connectivity index (χ1v) is 6.77. The molecular weight excluding hydrogens is 280 g/mol. The summed E-state index contributed by atoms with van der Waals surface area (Å²) < 4.78 is 23.5. The van der Waals surface area contributed by atoms with Crippen LogP contribution in [-0.4, -0.2) is 32.0 Å². The molecule has 0 radical (unpaired) electrons. The van der Waals surface area contributed by atoms with E-state index in [1.54, 1.807) is 5.09 Å². The number of halogens is 1. The third-order valence-corrected chi connectivity index (χ3v) is 3.03. The van der Waals surface area contributed by atoms with Crippen LogP contribution in [0.25, 0.3) is 0 Å². The number of phenols is 1. The van der Waals surface area contributed by atoms with Crippen LogP contribution >= 0.6 is 7.75 Å². The lowest BCUT2D eigenvalue weighted by Gasteiger charge is -2.16.